The lowest BCUT2D eigenvalue weighted by atomic mass is 9.78. The molecule has 0 aromatic carbocycles. The van der Waals surface area contributed by atoms with Gasteiger partial charge in [-0.3, -0.25) is 9.78 Å². The van der Waals surface area contributed by atoms with E-state index < -0.39 is 0 Å². The number of nitrogens with two attached hydrogens (primary N) is 1. The van der Waals surface area contributed by atoms with Crippen molar-refractivity contribution in [1.82, 2.24) is 9.88 Å². The van der Waals surface area contributed by atoms with E-state index in [0.717, 1.165) is 31.5 Å². The Morgan fingerprint density at radius 1 is 1.40 bits per heavy atom. The quantitative estimate of drug-likeness (QED) is 0.910. The normalized spacial score (nSPS) is 29.2. The highest BCUT2D eigenvalue weighted by Gasteiger charge is 2.39. The number of pyridine rings is 1. The van der Waals surface area contributed by atoms with Crippen molar-refractivity contribution in [2.45, 2.75) is 38.1 Å². The van der Waals surface area contributed by atoms with Crippen LogP contribution in [-0.4, -0.2) is 34.9 Å². The van der Waals surface area contributed by atoms with Crippen molar-refractivity contribution in [1.29, 1.82) is 0 Å². The monoisotopic (exact) mass is 273 g/mol. The summed E-state index contributed by atoms with van der Waals surface area (Å²) in [6.45, 7) is 1.79. The first kappa shape index (κ1) is 13.6. The molecule has 2 N–H and O–H groups in total. The second-order valence-electron chi connectivity index (χ2n) is 6.18. The molecule has 1 saturated carbocycles. The number of fused-ring (bicyclic) bond motifs is 1. The molecule has 20 heavy (non-hydrogen) atoms. The van der Waals surface area contributed by atoms with Gasteiger partial charge in [-0.25, -0.2) is 0 Å². The maximum absolute atomic E-state index is 12.3. The first-order chi connectivity index (χ1) is 9.74. The van der Waals surface area contributed by atoms with Crippen molar-refractivity contribution < 1.29 is 4.79 Å². The third kappa shape index (κ3) is 2.85. The molecule has 1 aliphatic carbocycles. The molecule has 1 aromatic heterocycles. The van der Waals surface area contributed by atoms with Crippen LogP contribution in [0, 0.1) is 11.8 Å². The fourth-order valence-electron chi connectivity index (χ4n) is 3.68. The van der Waals surface area contributed by atoms with Crippen LogP contribution in [0.15, 0.2) is 24.5 Å². The largest absolute Gasteiger partial charge is 0.342 e. The SMILES string of the molecule is NC1CCCC2CN(C(=O)CCc3cccnc3)CC12. The molecule has 1 aromatic rings. The second kappa shape index (κ2) is 5.92. The van der Waals surface area contributed by atoms with Crippen LogP contribution in [0.1, 0.15) is 31.2 Å². The molecule has 3 unspecified atom stereocenters. The van der Waals surface area contributed by atoms with Crippen LogP contribution in [0.5, 0.6) is 0 Å². The van der Waals surface area contributed by atoms with E-state index in [1.165, 1.54) is 12.8 Å². The maximum Gasteiger partial charge on any atom is 0.222 e. The minimum Gasteiger partial charge on any atom is -0.342 e. The molecule has 2 aliphatic rings. The summed E-state index contributed by atoms with van der Waals surface area (Å²) in [5, 5.41) is 0. The van der Waals surface area contributed by atoms with Gasteiger partial charge in [-0.2, -0.15) is 0 Å². The van der Waals surface area contributed by atoms with E-state index >= 15 is 0 Å². The molecule has 0 bridgehead atoms. The lowest BCUT2D eigenvalue weighted by Gasteiger charge is -2.29. The van der Waals surface area contributed by atoms with Gasteiger partial charge in [-0.1, -0.05) is 12.5 Å². The third-order valence-electron chi connectivity index (χ3n) is 4.86. The molecule has 3 atom stereocenters. The Kier molecular flexibility index (Phi) is 4.01. The fourth-order valence-corrected chi connectivity index (χ4v) is 3.68. The molecule has 2 heterocycles. The van der Waals surface area contributed by atoms with Gasteiger partial charge in [-0.15, -0.1) is 0 Å². The van der Waals surface area contributed by atoms with Crippen molar-refractivity contribution in [2.75, 3.05) is 13.1 Å². The van der Waals surface area contributed by atoms with Crippen molar-refractivity contribution in [3.05, 3.63) is 30.1 Å². The molecule has 1 saturated heterocycles. The van der Waals surface area contributed by atoms with E-state index in [1.807, 2.05) is 23.2 Å². The Balaban J connectivity index is 1.53. The van der Waals surface area contributed by atoms with Gasteiger partial charge >= 0.3 is 0 Å². The van der Waals surface area contributed by atoms with Crippen LogP contribution in [0.2, 0.25) is 0 Å². The Bertz CT molecular complexity index is 462. The van der Waals surface area contributed by atoms with Crippen LogP contribution in [0.3, 0.4) is 0 Å². The van der Waals surface area contributed by atoms with Crippen molar-refractivity contribution in [3.8, 4) is 0 Å². The minimum absolute atomic E-state index is 0.274. The predicted molar refractivity (Wildman–Crippen MR) is 77.9 cm³/mol. The molecule has 1 amide bonds. The van der Waals surface area contributed by atoms with E-state index in [0.29, 0.717) is 24.3 Å². The maximum atomic E-state index is 12.3. The van der Waals surface area contributed by atoms with Gasteiger partial charge in [0.2, 0.25) is 5.91 Å². The highest BCUT2D eigenvalue weighted by atomic mass is 16.2. The Morgan fingerprint density at radius 3 is 3.05 bits per heavy atom. The van der Waals surface area contributed by atoms with Gasteiger partial charge in [0.1, 0.15) is 0 Å². The van der Waals surface area contributed by atoms with Gasteiger partial charge in [0.05, 0.1) is 0 Å². The zero-order chi connectivity index (χ0) is 13.9. The van der Waals surface area contributed by atoms with Gasteiger partial charge < -0.3 is 10.6 Å². The van der Waals surface area contributed by atoms with E-state index in [-0.39, 0.29) is 5.91 Å². The molecule has 108 valence electrons. The average Bonchev–Trinajstić information content (AvgIpc) is 2.91. The number of aromatic nitrogens is 1. The summed E-state index contributed by atoms with van der Waals surface area (Å²) in [6, 6.07) is 4.24. The molecule has 0 spiro atoms. The van der Waals surface area contributed by atoms with Crippen LogP contribution >= 0.6 is 0 Å². The Labute approximate surface area is 120 Å². The summed E-state index contributed by atoms with van der Waals surface area (Å²) in [5.41, 5.74) is 7.33. The third-order valence-corrected chi connectivity index (χ3v) is 4.86. The first-order valence-corrected chi connectivity index (χ1v) is 7.66. The number of rotatable bonds is 3. The summed E-state index contributed by atoms with van der Waals surface area (Å²) < 4.78 is 0. The summed E-state index contributed by atoms with van der Waals surface area (Å²) in [5.74, 6) is 1.45. The number of carbonyl (C=O) groups excluding carboxylic acids is 1. The highest BCUT2D eigenvalue weighted by molar-refractivity contribution is 5.76. The highest BCUT2D eigenvalue weighted by Crippen LogP contribution is 2.35. The zero-order valence-corrected chi connectivity index (χ0v) is 11.9. The lowest BCUT2D eigenvalue weighted by molar-refractivity contribution is -0.130. The minimum atomic E-state index is 0.274. The van der Waals surface area contributed by atoms with E-state index in [4.69, 9.17) is 5.73 Å². The number of likely N-dealkylation sites (tertiary alicyclic amines) is 1. The molecular formula is C16H23N3O. The fraction of sp³-hybridized carbons (Fsp3) is 0.625. The molecule has 0 radical (unpaired) electrons. The molecule has 1 aliphatic heterocycles. The summed E-state index contributed by atoms with van der Waals surface area (Å²) in [4.78, 5) is 18.5. The molecule has 4 nitrogen and oxygen atoms in total. The lowest BCUT2D eigenvalue weighted by Crippen LogP contribution is -2.38. The van der Waals surface area contributed by atoms with E-state index in [1.54, 1.807) is 6.20 Å². The van der Waals surface area contributed by atoms with Crippen molar-refractivity contribution in [2.24, 2.45) is 17.6 Å². The molecule has 2 fully saturated rings. The second-order valence-corrected chi connectivity index (χ2v) is 6.18. The standard InChI is InChI=1S/C16H23N3O/c17-15-5-1-4-13-10-19(11-14(13)15)16(20)7-6-12-3-2-8-18-9-12/h2-3,8-9,13-15H,1,4-7,10-11,17H2. The molecule has 4 heteroatoms. The van der Waals surface area contributed by atoms with Gasteiger partial charge in [0.25, 0.3) is 0 Å². The summed E-state index contributed by atoms with van der Waals surface area (Å²) in [6.07, 6.45) is 8.55. The van der Waals surface area contributed by atoms with Crippen molar-refractivity contribution in [3.63, 3.8) is 0 Å². The Hall–Kier alpha value is -1.42. The topological polar surface area (TPSA) is 59.2 Å². The summed E-state index contributed by atoms with van der Waals surface area (Å²) in [7, 11) is 0. The number of nitrogens with zero attached hydrogens (tertiary/aromatic N) is 2. The van der Waals surface area contributed by atoms with Crippen LogP contribution < -0.4 is 5.73 Å². The van der Waals surface area contributed by atoms with Crippen LogP contribution in [-0.2, 0) is 11.2 Å². The number of amides is 1. The summed E-state index contributed by atoms with van der Waals surface area (Å²) >= 11 is 0. The van der Waals surface area contributed by atoms with Gasteiger partial charge in [0.15, 0.2) is 0 Å². The smallest absolute Gasteiger partial charge is 0.222 e. The number of hydrogen-bond acceptors (Lipinski definition) is 3. The zero-order valence-electron chi connectivity index (χ0n) is 11.9. The molecule has 3 rings (SSSR count). The van der Waals surface area contributed by atoms with Crippen molar-refractivity contribution >= 4 is 5.91 Å². The van der Waals surface area contributed by atoms with Crippen LogP contribution in [0.25, 0.3) is 0 Å². The average molecular weight is 273 g/mol. The van der Waals surface area contributed by atoms with Crippen LogP contribution in [0.4, 0.5) is 0 Å². The molecular weight excluding hydrogens is 250 g/mol. The van der Waals surface area contributed by atoms with Gasteiger partial charge in [-0.05, 0) is 42.7 Å². The predicted octanol–water partition coefficient (Wildman–Crippen LogP) is 1.60. The van der Waals surface area contributed by atoms with E-state index in [2.05, 4.69) is 4.98 Å². The number of carbonyl (C=O) groups is 1. The van der Waals surface area contributed by atoms with Gasteiger partial charge in [0, 0.05) is 37.9 Å². The number of aryl methyl sites for hydroxylation is 1. The first-order valence-electron chi connectivity index (χ1n) is 7.66. The van der Waals surface area contributed by atoms with E-state index in [9.17, 15) is 4.79 Å². The number of hydrogen-bond donors (Lipinski definition) is 1. The Morgan fingerprint density at radius 2 is 2.30 bits per heavy atom.